The van der Waals surface area contributed by atoms with Gasteiger partial charge in [-0.25, -0.2) is 0 Å². The molecule has 1 fully saturated rings. The van der Waals surface area contributed by atoms with Crippen LogP contribution >= 0.6 is 35.0 Å². The minimum Gasteiger partial charge on any atom is -0.323 e. The molecule has 0 aliphatic carbocycles. The molecule has 2 aromatic carbocycles. The number of thioether (sulfide) groups is 1. The number of rotatable bonds is 1. The minimum absolute atomic E-state index is 0.139. The van der Waals surface area contributed by atoms with Gasteiger partial charge in [0.25, 0.3) is 5.91 Å². The van der Waals surface area contributed by atoms with Crippen molar-refractivity contribution in [3.8, 4) is 0 Å². The van der Waals surface area contributed by atoms with Gasteiger partial charge in [0, 0.05) is 16.9 Å². The predicted octanol–water partition coefficient (Wildman–Crippen LogP) is 3.88. The molecule has 1 spiro atoms. The molecule has 0 saturated carbocycles. The zero-order valence-corrected chi connectivity index (χ0v) is 14.0. The molecule has 116 valence electrons. The van der Waals surface area contributed by atoms with Crippen LogP contribution in [0.15, 0.2) is 42.5 Å². The summed E-state index contributed by atoms with van der Waals surface area (Å²) in [6.07, 6.45) is 0. The number of nitrogens with one attached hydrogen (secondary N) is 1. The SMILES string of the molecule is O=C1CS[C@]2(C(=O)Nc3ccccc32)N1c1ccc(Cl)c(Cl)c1. The molecule has 0 bridgehead atoms. The third-order valence-corrected chi connectivity index (χ3v) is 6.11. The Morgan fingerprint density at radius 1 is 1.09 bits per heavy atom. The summed E-state index contributed by atoms with van der Waals surface area (Å²) in [5.41, 5.74) is 2.07. The number of amides is 2. The molecule has 2 amide bonds. The van der Waals surface area contributed by atoms with E-state index in [4.69, 9.17) is 23.2 Å². The fraction of sp³-hybridized carbons (Fsp3) is 0.125. The first kappa shape index (κ1) is 14.9. The van der Waals surface area contributed by atoms with Gasteiger partial charge in [-0.3, -0.25) is 14.5 Å². The van der Waals surface area contributed by atoms with E-state index < -0.39 is 4.87 Å². The average molecular weight is 365 g/mol. The van der Waals surface area contributed by atoms with Crippen LogP contribution in [0.4, 0.5) is 11.4 Å². The molecular weight excluding hydrogens is 355 g/mol. The molecule has 0 radical (unpaired) electrons. The van der Waals surface area contributed by atoms with Crippen LogP contribution in [0.2, 0.25) is 10.0 Å². The summed E-state index contributed by atoms with van der Waals surface area (Å²) in [5, 5.41) is 3.61. The summed E-state index contributed by atoms with van der Waals surface area (Å²) >= 11 is 13.4. The highest BCUT2D eigenvalue weighted by Gasteiger charge is 2.58. The lowest BCUT2D eigenvalue weighted by Crippen LogP contribution is -2.47. The van der Waals surface area contributed by atoms with E-state index in [-0.39, 0.29) is 17.6 Å². The van der Waals surface area contributed by atoms with E-state index in [0.29, 0.717) is 15.7 Å². The van der Waals surface area contributed by atoms with E-state index >= 15 is 0 Å². The lowest BCUT2D eigenvalue weighted by molar-refractivity contribution is -0.122. The van der Waals surface area contributed by atoms with Gasteiger partial charge in [-0.05, 0) is 24.3 Å². The van der Waals surface area contributed by atoms with Gasteiger partial charge >= 0.3 is 0 Å². The molecule has 0 aromatic heterocycles. The first-order chi connectivity index (χ1) is 11.0. The maximum absolute atomic E-state index is 12.8. The summed E-state index contributed by atoms with van der Waals surface area (Å²) in [7, 11) is 0. The summed E-state index contributed by atoms with van der Waals surface area (Å²) < 4.78 is 0. The standard InChI is InChI=1S/C16H10Cl2N2O2S/c17-11-6-5-9(7-12(11)18)20-14(21)8-23-16(20)10-3-1-2-4-13(10)19-15(16)22/h1-7H,8H2,(H,19,22)/t16-/m1/s1. The van der Waals surface area contributed by atoms with Gasteiger partial charge < -0.3 is 5.32 Å². The number of benzene rings is 2. The van der Waals surface area contributed by atoms with Crippen LogP contribution in [-0.4, -0.2) is 17.6 Å². The van der Waals surface area contributed by atoms with Gasteiger partial charge in [-0.1, -0.05) is 41.4 Å². The Labute approximate surface area is 146 Å². The van der Waals surface area contributed by atoms with E-state index in [9.17, 15) is 9.59 Å². The number of para-hydroxylation sites is 1. The number of carbonyl (C=O) groups excluding carboxylic acids is 2. The van der Waals surface area contributed by atoms with Crippen LogP contribution in [-0.2, 0) is 14.5 Å². The molecule has 7 heteroatoms. The third kappa shape index (κ3) is 2.00. The van der Waals surface area contributed by atoms with Crippen molar-refractivity contribution in [2.24, 2.45) is 0 Å². The van der Waals surface area contributed by atoms with Crippen molar-refractivity contribution in [1.29, 1.82) is 0 Å². The first-order valence-electron chi connectivity index (χ1n) is 6.87. The molecule has 1 N–H and O–H groups in total. The molecule has 4 nitrogen and oxygen atoms in total. The van der Waals surface area contributed by atoms with Crippen molar-refractivity contribution in [3.05, 3.63) is 58.1 Å². The Kier molecular flexibility index (Phi) is 3.34. The Bertz CT molecular complexity index is 858. The fourth-order valence-corrected chi connectivity index (χ4v) is 4.61. The van der Waals surface area contributed by atoms with E-state index in [2.05, 4.69) is 5.32 Å². The molecule has 23 heavy (non-hydrogen) atoms. The second-order valence-electron chi connectivity index (χ2n) is 5.26. The molecule has 2 aromatic rings. The first-order valence-corrected chi connectivity index (χ1v) is 8.61. The Hall–Kier alpha value is -1.69. The number of nitrogens with zero attached hydrogens (tertiary/aromatic N) is 1. The number of hydrogen-bond acceptors (Lipinski definition) is 3. The van der Waals surface area contributed by atoms with Crippen LogP contribution in [0, 0.1) is 0 Å². The maximum Gasteiger partial charge on any atom is 0.266 e. The van der Waals surface area contributed by atoms with Crippen molar-refractivity contribution in [1.82, 2.24) is 0 Å². The molecule has 1 saturated heterocycles. The Morgan fingerprint density at radius 3 is 2.65 bits per heavy atom. The highest BCUT2D eigenvalue weighted by molar-refractivity contribution is 8.02. The lowest BCUT2D eigenvalue weighted by atomic mass is 10.0. The van der Waals surface area contributed by atoms with E-state index in [1.807, 2.05) is 24.3 Å². The number of fused-ring (bicyclic) bond motifs is 2. The smallest absolute Gasteiger partial charge is 0.266 e. The molecule has 1 atom stereocenters. The van der Waals surface area contributed by atoms with Crippen molar-refractivity contribution in [2.75, 3.05) is 16.0 Å². The number of anilines is 2. The topological polar surface area (TPSA) is 49.4 Å². The Morgan fingerprint density at radius 2 is 1.87 bits per heavy atom. The maximum atomic E-state index is 12.8. The average Bonchev–Trinajstić information content (AvgIpc) is 3.02. The van der Waals surface area contributed by atoms with Crippen LogP contribution < -0.4 is 10.2 Å². The van der Waals surface area contributed by atoms with Crippen molar-refractivity contribution in [2.45, 2.75) is 4.87 Å². The normalized spacial score (nSPS) is 22.6. The largest absolute Gasteiger partial charge is 0.323 e. The highest BCUT2D eigenvalue weighted by atomic mass is 35.5. The summed E-state index contributed by atoms with van der Waals surface area (Å²) in [5.74, 6) is -0.136. The summed E-state index contributed by atoms with van der Waals surface area (Å²) in [4.78, 5) is 25.7. The van der Waals surface area contributed by atoms with Crippen LogP contribution in [0.25, 0.3) is 0 Å². The molecule has 0 unspecified atom stereocenters. The van der Waals surface area contributed by atoms with Crippen LogP contribution in [0.5, 0.6) is 0 Å². The minimum atomic E-state index is -1.09. The van der Waals surface area contributed by atoms with Crippen molar-refractivity contribution in [3.63, 3.8) is 0 Å². The predicted molar refractivity (Wildman–Crippen MR) is 93.2 cm³/mol. The van der Waals surface area contributed by atoms with Gasteiger partial charge in [0.2, 0.25) is 10.8 Å². The van der Waals surface area contributed by atoms with Gasteiger partial charge in [0.05, 0.1) is 15.8 Å². The van der Waals surface area contributed by atoms with Crippen molar-refractivity contribution < 1.29 is 9.59 Å². The number of halogens is 2. The number of carbonyl (C=O) groups is 2. The molecule has 4 rings (SSSR count). The van der Waals surface area contributed by atoms with Crippen molar-refractivity contribution >= 4 is 58.2 Å². The van der Waals surface area contributed by atoms with E-state index in [1.165, 1.54) is 16.7 Å². The fourth-order valence-electron chi connectivity index (χ4n) is 3.00. The lowest BCUT2D eigenvalue weighted by Gasteiger charge is -2.32. The summed E-state index contributed by atoms with van der Waals surface area (Å²) in [6, 6.07) is 12.3. The highest BCUT2D eigenvalue weighted by Crippen LogP contribution is 2.53. The van der Waals surface area contributed by atoms with Gasteiger partial charge in [-0.2, -0.15) is 0 Å². The zero-order valence-electron chi connectivity index (χ0n) is 11.7. The van der Waals surface area contributed by atoms with Crippen LogP contribution in [0.1, 0.15) is 5.56 Å². The molecule has 2 heterocycles. The van der Waals surface area contributed by atoms with E-state index in [0.717, 1.165) is 11.3 Å². The molecule has 2 aliphatic rings. The van der Waals surface area contributed by atoms with Crippen LogP contribution in [0.3, 0.4) is 0 Å². The third-order valence-electron chi connectivity index (χ3n) is 3.98. The molecular formula is C16H10Cl2N2O2S. The Balaban J connectivity index is 1.93. The number of hydrogen-bond donors (Lipinski definition) is 1. The second-order valence-corrected chi connectivity index (χ2v) is 7.24. The summed E-state index contributed by atoms with van der Waals surface area (Å²) in [6.45, 7) is 0. The van der Waals surface area contributed by atoms with Gasteiger partial charge in [0.15, 0.2) is 0 Å². The van der Waals surface area contributed by atoms with E-state index in [1.54, 1.807) is 18.2 Å². The van der Waals surface area contributed by atoms with Gasteiger partial charge in [-0.15, -0.1) is 11.8 Å². The molecule has 2 aliphatic heterocycles. The zero-order chi connectivity index (χ0) is 16.2. The monoisotopic (exact) mass is 364 g/mol. The quantitative estimate of drug-likeness (QED) is 0.835. The second kappa shape index (κ2) is 5.16. The van der Waals surface area contributed by atoms with Gasteiger partial charge in [0.1, 0.15) is 0 Å².